The highest BCUT2D eigenvalue weighted by molar-refractivity contribution is 5.36. The van der Waals surface area contributed by atoms with Gasteiger partial charge in [0, 0.05) is 12.3 Å². The zero-order valence-corrected chi connectivity index (χ0v) is 9.81. The predicted molar refractivity (Wildman–Crippen MR) is 66.7 cm³/mol. The number of rotatable bonds is 2. The topological polar surface area (TPSA) is 54.9 Å². The van der Waals surface area contributed by atoms with Crippen LogP contribution in [0, 0.1) is 0 Å². The van der Waals surface area contributed by atoms with Gasteiger partial charge in [-0.15, -0.1) is 0 Å². The summed E-state index contributed by atoms with van der Waals surface area (Å²) in [5, 5.41) is 0. The number of H-pyrrole nitrogens is 1. The van der Waals surface area contributed by atoms with Crippen LogP contribution < -0.4 is 11.2 Å². The Morgan fingerprint density at radius 3 is 2.59 bits per heavy atom. The maximum Gasteiger partial charge on any atom is 0.332 e. The van der Waals surface area contributed by atoms with Crippen molar-refractivity contribution in [3.05, 3.63) is 62.9 Å². The van der Waals surface area contributed by atoms with Crippen molar-refractivity contribution in [2.24, 2.45) is 0 Å². The van der Waals surface area contributed by atoms with Gasteiger partial charge in [-0.2, -0.15) is 0 Å². The molecule has 0 unspecified atom stereocenters. The lowest BCUT2D eigenvalue weighted by Gasteiger charge is -2.09. The molecule has 0 amide bonds. The monoisotopic (exact) mass is 230 g/mol. The van der Waals surface area contributed by atoms with Crippen LogP contribution in [0.15, 0.2) is 46.1 Å². The molecule has 0 radical (unpaired) electrons. The molecule has 1 aromatic heterocycles. The van der Waals surface area contributed by atoms with E-state index in [0.29, 0.717) is 5.92 Å². The van der Waals surface area contributed by atoms with Crippen molar-refractivity contribution in [1.82, 2.24) is 9.55 Å². The normalized spacial score (nSPS) is 10.8. The summed E-state index contributed by atoms with van der Waals surface area (Å²) in [5.41, 5.74) is 1.11. The number of nitrogens with one attached hydrogen (secondary N) is 1. The van der Waals surface area contributed by atoms with Crippen LogP contribution >= 0.6 is 0 Å². The lowest BCUT2D eigenvalue weighted by molar-refractivity contribution is 0.852. The fourth-order valence-corrected chi connectivity index (χ4v) is 1.65. The zero-order chi connectivity index (χ0) is 12.4. The van der Waals surface area contributed by atoms with Gasteiger partial charge in [0.25, 0.3) is 5.56 Å². The maximum atomic E-state index is 11.6. The number of aromatic amines is 1. The fraction of sp³-hybridized carbons (Fsp3) is 0.231. The molecule has 0 aliphatic heterocycles. The van der Waals surface area contributed by atoms with Gasteiger partial charge in [0.15, 0.2) is 0 Å². The van der Waals surface area contributed by atoms with Crippen molar-refractivity contribution >= 4 is 0 Å². The number of aromatic nitrogens is 2. The largest absolute Gasteiger partial charge is 0.332 e. The smallest absolute Gasteiger partial charge is 0.274 e. The second-order valence-electron chi connectivity index (χ2n) is 4.23. The molecule has 1 aromatic carbocycles. The van der Waals surface area contributed by atoms with E-state index in [9.17, 15) is 9.59 Å². The van der Waals surface area contributed by atoms with Gasteiger partial charge in [0.2, 0.25) is 0 Å². The van der Waals surface area contributed by atoms with Crippen molar-refractivity contribution < 1.29 is 0 Å². The van der Waals surface area contributed by atoms with Crippen LogP contribution in [0.25, 0.3) is 5.69 Å². The van der Waals surface area contributed by atoms with E-state index in [2.05, 4.69) is 18.8 Å². The van der Waals surface area contributed by atoms with Crippen LogP contribution in [-0.2, 0) is 0 Å². The van der Waals surface area contributed by atoms with E-state index in [4.69, 9.17) is 0 Å². The predicted octanol–water partition coefficient (Wildman–Crippen LogP) is 1.65. The molecular weight excluding hydrogens is 216 g/mol. The van der Waals surface area contributed by atoms with E-state index in [1.807, 2.05) is 24.3 Å². The number of benzene rings is 1. The highest BCUT2D eigenvalue weighted by Crippen LogP contribution is 2.16. The van der Waals surface area contributed by atoms with Gasteiger partial charge in [0.1, 0.15) is 0 Å². The molecule has 4 nitrogen and oxygen atoms in total. The Labute approximate surface area is 98.6 Å². The van der Waals surface area contributed by atoms with E-state index in [1.54, 1.807) is 0 Å². The molecular formula is C13H14N2O2. The molecule has 2 rings (SSSR count). The number of hydrogen-bond acceptors (Lipinski definition) is 2. The van der Waals surface area contributed by atoms with E-state index in [-0.39, 0.29) is 5.56 Å². The fourth-order valence-electron chi connectivity index (χ4n) is 1.65. The zero-order valence-electron chi connectivity index (χ0n) is 9.81. The second-order valence-corrected chi connectivity index (χ2v) is 4.23. The van der Waals surface area contributed by atoms with Gasteiger partial charge in [-0.25, -0.2) is 4.79 Å². The maximum absolute atomic E-state index is 11.6. The summed E-state index contributed by atoms with van der Waals surface area (Å²) in [6.07, 6.45) is 1.49. The van der Waals surface area contributed by atoms with Crippen LogP contribution in [0.5, 0.6) is 0 Å². The van der Waals surface area contributed by atoms with Gasteiger partial charge < -0.3 is 0 Å². The molecule has 0 saturated heterocycles. The van der Waals surface area contributed by atoms with Gasteiger partial charge in [0.05, 0.1) is 5.69 Å². The third kappa shape index (κ3) is 2.36. The first-order valence-electron chi connectivity index (χ1n) is 5.50. The minimum Gasteiger partial charge on any atom is -0.274 e. The molecule has 0 aliphatic rings. The molecule has 0 saturated carbocycles. The standard InChI is InChI=1S/C13H14N2O2/c1-9(2)10-4-3-5-11(8-10)15-7-6-12(16)14-13(15)17/h3-9H,1-2H3,(H,14,16,17). The lowest BCUT2D eigenvalue weighted by Crippen LogP contribution is -2.27. The highest BCUT2D eigenvalue weighted by Gasteiger charge is 2.03. The Kier molecular flexibility index (Phi) is 2.95. The summed E-state index contributed by atoms with van der Waals surface area (Å²) in [5.74, 6) is 0.397. The molecule has 0 fully saturated rings. The van der Waals surface area contributed by atoms with Crippen LogP contribution in [0.1, 0.15) is 25.3 Å². The molecule has 17 heavy (non-hydrogen) atoms. The third-order valence-electron chi connectivity index (χ3n) is 2.64. The first-order valence-corrected chi connectivity index (χ1v) is 5.50. The molecule has 4 heteroatoms. The Hall–Kier alpha value is -2.10. The molecule has 0 spiro atoms. The van der Waals surface area contributed by atoms with Crippen LogP contribution in [0.4, 0.5) is 0 Å². The summed E-state index contributed by atoms with van der Waals surface area (Å²) in [6, 6.07) is 9.05. The van der Waals surface area contributed by atoms with E-state index < -0.39 is 5.69 Å². The third-order valence-corrected chi connectivity index (χ3v) is 2.64. The van der Waals surface area contributed by atoms with Crippen LogP contribution in [0.2, 0.25) is 0 Å². The van der Waals surface area contributed by atoms with Crippen molar-refractivity contribution in [2.75, 3.05) is 0 Å². The Bertz CT molecular complexity index is 638. The molecule has 1 heterocycles. The van der Waals surface area contributed by atoms with Crippen molar-refractivity contribution in [1.29, 1.82) is 0 Å². The highest BCUT2D eigenvalue weighted by atomic mass is 16.2. The molecule has 2 aromatic rings. The summed E-state index contributed by atoms with van der Waals surface area (Å²) < 4.78 is 1.42. The first kappa shape index (κ1) is 11.4. The summed E-state index contributed by atoms with van der Waals surface area (Å²) in [7, 11) is 0. The lowest BCUT2D eigenvalue weighted by atomic mass is 10.0. The number of nitrogens with zero attached hydrogens (tertiary/aromatic N) is 1. The molecule has 1 N–H and O–H groups in total. The SMILES string of the molecule is CC(C)c1cccc(-n2ccc(=O)[nH]c2=O)c1. The summed E-state index contributed by atoms with van der Waals surface area (Å²) in [4.78, 5) is 24.8. The second kappa shape index (κ2) is 4.41. The van der Waals surface area contributed by atoms with Crippen molar-refractivity contribution in [3.8, 4) is 5.69 Å². The average Bonchev–Trinajstić information content (AvgIpc) is 2.29. The first-order chi connectivity index (χ1) is 8.08. The van der Waals surface area contributed by atoms with Gasteiger partial charge in [-0.3, -0.25) is 14.3 Å². The van der Waals surface area contributed by atoms with Crippen LogP contribution in [0.3, 0.4) is 0 Å². The van der Waals surface area contributed by atoms with Crippen molar-refractivity contribution in [2.45, 2.75) is 19.8 Å². The quantitative estimate of drug-likeness (QED) is 0.852. The minimum absolute atomic E-state index is 0.383. The minimum atomic E-state index is -0.418. The van der Waals surface area contributed by atoms with Gasteiger partial charge >= 0.3 is 5.69 Å². The summed E-state index contributed by atoms with van der Waals surface area (Å²) in [6.45, 7) is 4.18. The van der Waals surface area contributed by atoms with Crippen LogP contribution in [-0.4, -0.2) is 9.55 Å². The Morgan fingerprint density at radius 2 is 1.94 bits per heavy atom. The number of hydrogen-bond donors (Lipinski definition) is 1. The van der Waals surface area contributed by atoms with E-state index in [1.165, 1.54) is 16.8 Å². The van der Waals surface area contributed by atoms with Crippen molar-refractivity contribution in [3.63, 3.8) is 0 Å². The Balaban J connectivity index is 2.57. The van der Waals surface area contributed by atoms with Gasteiger partial charge in [-0.05, 0) is 23.6 Å². The average molecular weight is 230 g/mol. The Morgan fingerprint density at radius 1 is 1.18 bits per heavy atom. The van der Waals surface area contributed by atoms with Gasteiger partial charge in [-0.1, -0.05) is 26.0 Å². The molecule has 88 valence electrons. The molecule has 0 bridgehead atoms. The molecule has 0 atom stereocenters. The molecule has 0 aliphatic carbocycles. The summed E-state index contributed by atoms with van der Waals surface area (Å²) >= 11 is 0. The van der Waals surface area contributed by atoms with E-state index >= 15 is 0 Å². The van der Waals surface area contributed by atoms with E-state index in [0.717, 1.165) is 11.3 Å².